The maximum absolute atomic E-state index is 11.9. The van der Waals surface area contributed by atoms with Crippen LogP contribution in [0.1, 0.15) is 10.5 Å². The minimum atomic E-state index is -0.571. The van der Waals surface area contributed by atoms with Crippen molar-refractivity contribution in [2.75, 3.05) is 5.32 Å². The van der Waals surface area contributed by atoms with Crippen molar-refractivity contribution >= 4 is 29.1 Å². The predicted molar refractivity (Wildman–Crippen MR) is 67.1 cm³/mol. The maximum atomic E-state index is 11.9. The van der Waals surface area contributed by atoms with Gasteiger partial charge in [0.25, 0.3) is 5.91 Å². The lowest BCUT2D eigenvalue weighted by Crippen LogP contribution is -2.17. The molecule has 0 aliphatic heterocycles. The van der Waals surface area contributed by atoms with Crippen molar-refractivity contribution in [3.05, 3.63) is 45.5 Å². The van der Waals surface area contributed by atoms with Gasteiger partial charge in [-0.2, -0.15) is 0 Å². The van der Waals surface area contributed by atoms with Gasteiger partial charge in [-0.05, 0) is 28.7 Å². The number of hydrogen-bond donors (Lipinski definition) is 1. The summed E-state index contributed by atoms with van der Waals surface area (Å²) >= 11 is 5.58. The van der Waals surface area contributed by atoms with E-state index in [1.165, 1.54) is 36.0 Å². The van der Waals surface area contributed by atoms with Crippen molar-refractivity contribution in [3.63, 3.8) is 0 Å². The highest BCUT2D eigenvalue weighted by molar-refractivity contribution is 6.28. The molecule has 0 fully saturated rings. The third-order valence-corrected chi connectivity index (χ3v) is 2.56. The molecule has 0 aromatic carbocycles. The molecule has 8 nitrogen and oxygen atoms in total. The van der Waals surface area contributed by atoms with Gasteiger partial charge in [0.05, 0.1) is 7.05 Å². The van der Waals surface area contributed by atoms with Crippen LogP contribution in [0.3, 0.4) is 0 Å². The number of carbonyl (C=O) groups is 1. The molecular weight excluding hydrogens is 274 g/mol. The second kappa shape index (κ2) is 5.02. The second-order valence-electron chi connectivity index (χ2n) is 3.56. The van der Waals surface area contributed by atoms with Crippen molar-refractivity contribution < 1.29 is 9.72 Å². The van der Waals surface area contributed by atoms with Gasteiger partial charge in [-0.15, -0.1) is 0 Å². The molecule has 2 aromatic rings. The number of nitrogens with one attached hydrogen (secondary N) is 1. The summed E-state index contributed by atoms with van der Waals surface area (Å²) < 4.78 is 1.18. The van der Waals surface area contributed by atoms with E-state index >= 15 is 0 Å². The molecule has 0 radical (unpaired) electrons. The smallest absolute Gasteiger partial charge is 0.323 e. The Hall–Kier alpha value is -2.48. The summed E-state index contributed by atoms with van der Waals surface area (Å²) in [6.07, 6.45) is 1.39. The first-order valence-corrected chi connectivity index (χ1v) is 5.47. The molecule has 0 spiro atoms. The Morgan fingerprint density at radius 3 is 2.79 bits per heavy atom. The monoisotopic (exact) mass is 281 g/mol. The van der Waals surface area contributed by atoms with Gasteiger partial charge < -0.3 is 15.4 Å². The van der Waals surface area contributed by atoms with E-state index in [-0.39, 0.29) is 22.6 Å². The van der Waals surface area contributed by atoms with Gasteiger partial charge in [-0.25, -0.2) is 14.5 Å². The van der Waals surface area contributed by atoms with Crippen LogP contribution in [0.4, 0.5) is 11.6 Å². The molecule has 0 unspecified atom stereocenters. The molecular formula is C10H8ClN5O3. The summed E-state index contributed by atoms with van der Waals surface area (Å²) in [5, 5.41) is 13.1. The van der Waals surface area contributed by atoms with Gasteiger partial charge in [0.2, 0.25) is 5.28 Å². The summed E-state index contributed by atoms with van der Waals surface area (Å²) in [6, 6.07) is 4.07. The molecule has 0 atom stereocenters. The molecule has 0 aliphatic rings. The number of nitrogens with zero attached hydrogens (tertiary/aromatic N) is 4. The van der Waals surface area contributed by atoms with Gasteiger partial charge in [0.15, 0.2) is 5.69 Å². The average Bonchev–Trinajstić information content (AvgIpc) is 2.71. The van der Waals surface area contributed by atoms with Crippen LogP contribution in [0.2, 0.25) is 5.28 Å². The normalized spacial score (nSPS) is 10.2. The molecule has 0 saturated carbocycles. The van der Waals surface area contributed by atoms with E-state index in [4.69, 9.17) is 11.6 Å². The Morgan fingerprint density at radius 1 is 1.47 bits per heavy atom. The number of rotatable bonds is 3. The summed E-state index contributed by atoms with van der Waals surface area (Å²) in [5.74, 6) is -0.481. The van der Waals surface area contributed by atoms with Gasteiger partial charge >= 0.3 is 5.82 Å². The lowest BCUT2D eigenvalue weighted by molar-refractivity contribution is -0.391. The van der Waals surface area contributed by atoms with Crippen LogP contribution in [0.25, 0.3) is 0 Å². The van der Waals surface area contributed by atoms with Crippen LogP contribution in [0.15, 0.2) is 24.4 Å². The Balaban J connectivity index is 2.23. The van der Waals surface area contributed by atoms with E-state index in [9.17, 15) is 14.9 Å². The van der Waals surface area contributed by atoms with E-state index in [1.807, 2.05) is 0 Å². The number of aromatic nitrogens is 3. The zero-order chi connectivity index (χ0) is 14.0. The zero-order valence-electron chi connectivity index (χ0n) is 9.70. The fourth-order valence-electron chi connectivity index (χ4n) is 1.50. The maximum Gasteiger partial charge on any atom is 0.323 e. The summed E-state index contributed by atoms with van der Waals surface area (Å²) in [5.41, 5.74) is 0.140. The molecule has 2 aromatic heterocycles. The Morgan fingerprint density at radius 2 is 2.21 bits per heavy atom. The molecule has 2 heterocycles. The Kier molecular flexibility index (Phi) is 3.43. The first-order valence-electron chi connectivity index (χ1n) is 5.09. The first-order chi connectivity index (χ1) is 8.99. The zero-order valence-corrected chi connectivity index (χ0v) is 10.5. The molecule has 1 N–H and O–H groups in total. The fraction of sp³-hybridized carbons (Fsp3) is 0.100. The SMILES string of the molecule is Cn1c(C(=O)Nc2ccnc(Cl)n2)ccc1[N+](=O)[O-]. The van der Waals surface area contributed by atoms with Crippen LogP contribution < -0.4 is 5.32 Å². The molecule has 0 aliphatic carbocycles. The molecule has 9 heteroatoms. The lowest BCUT2D eigenvalue weighted by atomic mass is 10.4. The van der Waals surface area contributed by atoms with Crippen LogP contribution >= 0.6 is 11.6 Å². The molecule has 98 valence electrons. The van der Waals surface area contributed by atoms with Crippen LogP contribution in [-0.4, -0.2) is 25.4 Å². The van der Waals surface area contributed by atoms with Gasteiger partial charge in [0, 0.05) is 12.3 Å². The Labute approximate surface area is 112 Å². The third-order valence-electron chi connectivity index (χ3n) is 2.38. The molecule has 0 bridgehead atoms. The van der Waals surface area contributed by atoms with Crippen LogP contribution in [0, 0.1) is 10.1 Å². The van der Waals surface area contributed by atoms with Crippen molar-refractivity contribution in [1.29, 1.82) is 0 Å². The number of hydrogen-bond acceptors (Lipinski definition) is 5. The van der Waals surface area contributed by atoms with Crippen molar-refractivity contribution in [2.45, 2.75) is 0 Å². The molecule has 19 heavy (non-hydrogen) atoms. The van der Waals surface area contributed by atoms with Gasteiger partial charge in [-0.3, -0.25) is 4.79 Å². The number of anilines is 1. The third kappa shape index (κ3) is 2.68. The van der Waals surface area contributed by atoms with Crippen molar-refractivity contribution in [1.82, 2.24) is 14.5 Å². The largest absolute Gasteiger partial charge is 0.358 e. The summed E-state index contributed by atoms with van der Waals surface area (Å²) in [7, 11) is 1.43. The van der Waals surface area contributed by atoms with E-state index < -0.39 is 10.8 Å². The van der Waals surface area contributed by atoms with E-state index in [0.29, 0.717) is 0 Å². The van der Waals surface area contributed by atoms with Crippen molar-refractivity contribution in [2.24, 2.45) is 7.05 Å². The second-order valence-corrected chi connectivity index (χ2v) is 3.90. The van der Waals surface area contributed by atoms with Crippen LogP contribution in [0.5, 0.6) is 0 Å². The number of carbonyl (C=O) groups excluding carboxylic acids is 1. The number of nitro groups is 1. The quantitative estimate of drug-likeness (QED) is 0.523. The summed E-state index contributed by atoms with van der Waals surface area (Å²) in [6.45, 7) is 0. The molecule has 1 amide bonds. The number of amides is 1. The highest BCUT2D eigenvalue weighted by Gasteiger charge is 2.20. The fourth-order valence-corrected chi connectivity index (χ4v) is 1.64. The highest BCUT2D eigenvalue weighted by atomic mass is 35.5. The van der Waals surface area contributed by atoms with E-state index in [0.717, 1.165) is 0 Å². The number of halogens is 1. The Bertz CT molecular complexity index is 654. The van der Waals surface area contributed by atoms with Crippen molar-refractivity contribution in [3.8, 4) is 0 Å². The molecule has 0 saturated heterocycles. The predicted octanol–water partition coefficient (Wildman–Crippen LogP) is 1.63. The standard InChI is InChI=1S/C10H8ClN5O3/c1-15-6(2-3-8(15)16(18)19)9(17)13-7-4-5-12-10(11)14-7/h2-5H,1H3,(H,12,13,14,17). The highest BCUT2D eigenvalue weighted by Crippen LogP contribution is 2.16. The lowest BCUT2D eigenvalue weighted by Gasteiger charge is -2.03. The molecule has 2 rings (SSSR count). The minimum absolute atomic E-state index is 0.00402. The minimum Gasteiger partial charge on any atom is -0.358 e. The first kappa shape index (κ1) is 13.0. The van der Waals surface area contributed by atoms with Gasteiger partial charge in [-0.1, -0.05) is 0 Å². The summed E-state index contributed by atoms with van der Waals surface area (Å²) in [4.78, 5) is 29.5. The van der Waals surface area contributed by atoms with Gasteiger partial charge in [0.1, 0.15) is 5.82 Å². The van der Waals surface area contributed by atoms with E-state index in [2.05, 4.69) is 15.3 Å². The topological polar surface area (TPSA) is 103 Å². The van der Waals surface area contributed by atoms with E-state index in [1.54, 1.807) is 0 Å². The van der Waals surface area contributed by atoms with Crippen LogP contribution in [-0.2, 0) is 7.05 Å². The average molecular weight is 282 g/mol.